The maximum absolute atomic E-state index is 11.6. The van der Waals surface area contributed by atoms with Crippen LogP contribution in [-0.2, 0) is 9.53 Å². The van der Waals surface area contributed by atoms with Gasteiger partial charge in [0.15, 0.2) is 0 Å². The van der Waals surface area contributed by atoms with Crippen LogP contribution in [0.5, 0.6) is 0 Å². The van der Waals surface area contributed by atoms with Crippen LogP contribution >= 0.6 is 0 Å². The molecule has 4 nitrogen and oxygen atoms in total. The van der Waals surface area contributed by atoms with Crippen LogP contribution in [0.2, 0.25) is 0 Å². The minimum absolute atomic E-state index is 0.201. The lowest BCUT2D eigenvalue weighted by atomic mass is 10.0. The zero-order chi connectivity index (χ0) is 10.7. The number of hydrogen-bond acceptors (Lipinski definition) is 3. The standard InChI is InChI=1S/C11H20N2O2/c1-15-10-4-2-3-8(10)7-13-11(14)9-5-12-6-9/h8-10,12H,2-7H2,1H3,(H,13,14). The minimum atomic E-state index is 0.201. The Labute approximate surface area is 90.8 Å². The fourth-order valence-corrected chi connectivity index (χ4v) is 2.40. The highest BCUT2D eigenvalue weighted by Gasteiger charge is 2.29. The summed E-state index contributed by atoms with van der Waals surface area (Å²) in [5.41, 5.74) is 0. The summed E-state index contributed by atoms with van der Waals surface area (Å²) in [6.45, 7) is 2.46. The molecule has 1 amide bonds. The first-order valence-electron chi connectivity index (χ1n) is 5.82. The first kappa shape index (κ1) is 10.9. The molecular formula is C11H20N2O2. The fraction of sp³-hybridized carbons (Fsp3) is 0.909. The van der Waals surface area contributed by atoms with E-state index in [1.165, 1.54) is 12.8 Å². The number of amides is 1. The van der Waals surface area contributed by atoms with E-state index in [1.807, 2.05) is 0 Å². The quantitative estimate of drug-likeness (QED) is 0.697. The van der Waals surface area contributed by atoms with Crippen molar-refractivity contribution >= 4 is 5.91 Å². The number of rotatable bonds is 4. The van der Waals surface area contributed by atoms with Gasteiger partial charge >= 0.3 is 0 Å². The summed E-state index contributed by atoms with van der Waals surface area (Å²) in [6.07, 6.45) is 3.90. The zero-order valence-corrected chi connectivity index (χ0v) is 9.29. The Bertz CT molecular complexity index is 229. The van der Waals surface area contributed by atoms with Crippen molar-refractivity contribution in [2.24, 2.45) is 11.8 Å². The van der Waals surface area contributed by atoms with Gasteiger partial charge in [-0.15, -0.1) is 0 Å². The second-order valence-corrected chi connectivity index (χ2v) is 4.57. The summed E-state index contributed by atoms with van der Waals surface area (Å²) in [4.78, 5) is 11.6. The number of carbonyl (C=O) groups is 1. The van der Waals surface area contributed by atoms with Crippen molar-refractivity contribution in [1.29, 1.82) is 0 Å². The van der Waals surface area contributed by atoms with E-state index in [0.29, 0.717) is 12.0 Å². The normalized spacial score (nSPS) is 31.3. The van der Waals surface area contributed by atoms with Crippen LogP contribution in [-0.4, -0.2) is 38.8 Å². The van der Waals surface area contributed by atoms with Crippen LogP contribution < -0.4 is 10.6 Å². The molecule has 1 aliphatic heterocycles. The highest BCUT2D eigenvalue weighted by atomic mass is 16.5. The van der Waals surface area contributed by atoms with E-state index in [1.54, 1.807) is 7.11 Å². The second-order valence-electron chi connectivity index (χ2n) is 4.57. The minimum Gasteiger partial charge on any atom is -0.381 e. The van der Waals surface area contributed by atoms with Gasteiger partial charge in [-0.2, -0.15) is 0 Å². The average molecular weight is 212 g/mol. The zero-order valence-electron chi connectivity index (χ0n) is 9.29. The molecule has 2 aliphatic rings. The van der Waals surface area contributed by atoms with E-state index >= 15 is 0 Å². The molecule has 0 aromatic rings. The van der Waals surface area contributed by atoms with E-state index in [4.69, 9.17) is 4.74 Å². The molecule has 0 aromatic carbocycles. The predicted octanol–water partition coefficient (Wildman–Crippen LogP) is 0.137. The highest BCUT2D eigenvalue weighted by molar-refractivity contribution is 5.79. The first-order chi connectivity index (χ1) is 7.31. The van der Waals surface area contributed by atoms with Crippen LogP contribution in [0, 0.1) is 11.8 Å². The summed E-state index contributed by atoms with van der Waals surface area (Å²) in [5, 5.41) is 6.14. The van der Waals surface area contributed by atoms with Gasteiger partial charge in [-0.1, -0.05) is 6.42 Å². The third-order valence-electron chi connectivity index (χ3n) is 3.58. The summed E-state index contributed by atoms with van der Waals surface area (Å²) in [7, 11) is 1.76. The van der Waals surface area contributed by atoms with E-state index in [2.05, 4.69) is 10.6 Å². The number of carbonyl (C=O) groups excluding carboxylic acids is 1. The van der Waals surface area contributed by atoms with Crippen molar-refractivity contribution in [2.75, 3.05) is 26.7 Å². The topological polar surface area (TPSA) is 50.4 Å². The third-order valence-corrected chi connectivity index (χ3v) is 3.58. The molecule has 2 fully saturated rings. The van der Waals surface area contributed by atoms with Crippen molar-refractivity contribution in [3.05, 3.63) is 0 Å². The van der Waals surface area contributed by atoms with Gasteiger partial charge in [-0.25, -0.2) is 0 Å². The Kier molecular flexibility index (Phi) is 3.59. The van der Waals surface area contributed by atoms with Gasteiger partial charge < -0.3 is 15.4 Å². The van der Waals surface area contributed by atoms with E-state index in [9.17, 15) is 4.79 Å². The highest BCUT2D eigenvalue weighted by Crippen LogP contribution is 2.27. The van der Waals surface area contributed by atoms with Crippen molar-refractivity contribution in [2.45, 2.75) is 25.4 Å². The van der Waals surface area contributed by atoms with Gasteiger partial charge in [-0.3, -0.25) is 4.79 Å². The molecule has 2 N–H and O–H groups in total. The average Bonchev–Trinajstić information content (AvgIpc) is 2.58. The number of ether oxygens (including phenoxy) is 1. The number of nitrogens with one attached hydrogen (secondary N) is 2. The summed E-state index contributed by atoms with van der Waals surface area (Å²) >= 11 is 0. The molecule has 0 radical (unpaired) electrons. The lowest BCUT2D eigenvalue weighted by Crippen LogP contribution is -2.51. The van der Waals surface area contributed by atoms with Crippen LogP contribution in [0.4, 0.5) is 0 Å². The molecule has 0 spiro atoms. The van der Waals surface area contributed by atoms with E-state index in [-0.39, 0.29) is 11.8 Å². The van der Waals surface area contributed by atoms with Crippen molar-refractivity contribution in [3.8, 4) is 0 Å². The molecule has 1 aliphatic carbocycles. The van der Waals surface area contributed by atoms with E-state index < -0.39 is 0 Å². The van der Waals surface area contributed by atoms with Gasteiger partial charge in [0.2, 0.25) is 5.91 Å². The molecule has 0 aromatic heterocycles. The van der Waals surface area contributed by atoms with Crippen LogP contribution in [0.3, 0.4) is 0 Å². The lowest BCUT2D eigenvalue weighted by molar-refractivity contribution is -0.126. The monoisotopic (exact) mass is 212 g/mol. The van der Waals surface area contributed by atoms with Gasteiger partial charge in [0.1, 0.15) is 0 Å². The second kappa shape index (κ2) is 4.94. The van der Waals surface area contributed by atoms with Crippen LogP contribution in [0.25, 0.3) is 0 Å². The van der Waals surface area contributed by atoms with E-state index in [0.717, 1.165) is 26.1 Å². The Morgan fingerprint density at radius 1 is 1.47 bits per heavy atom. The molecule has 1 heterocycles. The Morgan fingerprint density at radius 2 is 2.27 bits per heavy atom. The molecular weight excluding hydrogens is 192 g/mol. The lowest BCUT2D eigenvalue weighted by Gasteiger charge is -2.27. The number of hydrogen-bond donors (Lipinski definition) is 2. The predicted molar refractivity (Wildman–Crippen MR) is 57.5 cm³/mol. The molecule has 1 saturated heterocycles. The summed E-state index contributed by atoms with van der Waals surface area (Å²) in [5.74, 6) is 0.926. The molecule has 2 rings (SSSR count). The van der Waals surface area contributed by atoms with Crippen molar-refractivity contribution in [1.82, 2.24) is 10.6 Å². The molecule has 4 heteroatoms. The Hall–Kier alpha value is -0.610. The largest absolute Gasteiger partial charge is 0.381 e. The Morgan fingerprint density at radius 3 is 2.87 bits per heavy atom. The molecule has 2 atom stereocenters. The van der Waals surface area contributed by atoms with Crippen LogP contribution in [0.1, 0.15) is 19.3 Å². The number of methoxy groups -OCH3 is 1. The van der Waals surface area contributed by atoms with Crippen LogP contribution in [0.15, 0.2) is 0 Å². The third kappa shape index (κ3) is 2.49. The van der Waals surface area contributed by atoms with Gasteiger partial charge in [0, 0.05) is 32.7 Å². The molecule has 1 saturated carbocycles. The maximum atomic E-state index is 11.6. The smallest absolute Gasteiger partial charge is 0.225 e. The van der Waals surface area contributed by atoms with Gasteiger partial charge in [0.25, 0.3) is 0 Å². The SMILES string of the molecule is COC1CCCC1CNC(=O)C1CNC1. The van der Waals surface area contributed by atoms with Crippen molar-refractivity contribution in [3.63, 3.8) is 0 Å². The fourth-order valence-electron chi connectivity index (χ4n) is 2.40. The van der Waals surface area contributed by atoms with Crippen molar-refractivity contribution < 1.29 is 9.53 Å². The molecule has 86 valence electrons. The Balaban J connectivity index is 1.70. The maximum Gasteiger partial charge on any atom is 0.225 e. The first-order valence-corrected chi connectivity index (χ1v) is 5.82. The summed E-state index contributed by atoms with van der Waals surface area (Å²) in [6, 6.07) is 0. The molecule has 0 bridgehead atoms. The summed E-state index contributed by atoms with van der Waals surface area (Å²) < 4.78 is 5.39. The molecule has 15 heavy (non-hydrogen) atoms. The van der Waals surface area contributed by atoms with Gasteiger partial charge in [0.05, 0.1) is 12.0 Å². The molecule has 2 unspecified atom stereocenters. The van der Waals surface area contributed by atoms with Gasteiger partial charge in [-0.05, 0) is 12.8 Å².